The topological polar surface area (TPSA) is 44.0 Å². The van der Waals surface area contributed by atoms with Crippen LogP contribution >= 0.6 is 0 Å². The molecule has 0 heterocycles. The molecule has 2 fully saturated rings. The Hall–Kier alpha value is -0.550. The van der Waals surface area contributed by atoms with E-state index in [0.29, 0.717) is 5.92 Å². The highest BCUT2D eigenvalue weighted by Gasteiger charge is 2.52. The van der Waals surface area contributed by atoms with Crippen LogP contribution in [0.4, 0.5) is 0 Å². The van der Waals surface area contributed by atoms with Gasteiger partial charge in [0.15, 0.2) is 0 Å². The molecule has 0 bridgehead atoms. The second-order valence-electron chi connectivity index (χ2n) is 6.87. The summed E-state index contributed by atoms with van der Waals surface area (Å²) in [5.41, 5.74) is -1.14. The molecule has 0 radical (unpaired) electrons. The molecular weight excluding hydrogens is 222 g/mol. The van der Waals surface area contributed by atoms with Crippen molar-refractivity contribution in [2.45, 2.75) is 77.2 Å². The van der Waals surface area contributed by atoms with E-state index in [-0.39, 0.29) is 0 Å². The summed E-state index contributed by atoms with van der Waals surface area (Å²) < 4.78 is 0. The monoisotopic (exact) mass is 249 g/mol. The van der Waals surface area contributed by atoms with Crippen molar-refractivity contribution in [3.8, 4) is 6.07 Å². The minimum absolute atomic E-state index is 0.432. The quantitative estimate of drug-likeness (QED) is 0.751. The van der Waals surface area contributed by atoms with Crippen LogP contribution in [0, 0.1) is 28.6 Å². The van der Waals surface area contributed by atoms with E-state index in [9.17, 15) is 10.4 Å². The zero-order valence-corrected chi connectivity index (χ0v) is 11.9. The fourth-order valence-electron chi connectivity index (χ4n) is 4.16. The number of hydrogen-bond acceptors (Lipinski definition) is 2. The summed E-state index contributed by atoms with van der Waals surface area (Å²) in [4.78, 5) is 0. The van der Waals surface area contributed by atoms with Gasteiger partial charge in [-0.2, -0.15) is 5.26 Å². The number of aliphatic hydroxyl groups is 1. The van der Waals surface area contributed by atoms with Crippen LogP contribution in [0.2, 0.25) is 0 Å². The van der Waals surface area contributed by atoms with Crippen LogP contribution in [-0.2, 0) is 0 Å². The average molecular weight is 249 g/mol. The van der Waals surface area contributed by atoms with Crippen LogP contribution in [0.5, 0.6) is 0 Å². The van der Waals surface area contributed by atoms with Gasteiger partial charge in [0.2, 0.25) is 0 Å². The second kappa shape index (κ2) is 5.21. The fourth-order valence-corrected chi connectivity index (χ4v) is 4.16. The molecule has 18 heavy (non-hydrogen) atoms. The highest BCUT2D eigenvalue weighted by molar-refractivity contribution is 5.14. The molecule has 2 atom stereocenters. The van der Waals surface area contributed by atoms with Crippen molar-refractivity contribution in [2.24, 2.45) is 17.3 Å². The summed E-state index contributed by atoms with van der Waals surface area (Å²) >= 11 is 0. The number of nitriles is 1. The molecule has 102 valence electrons. The van der Waals surface area contributed by atoms with E-state index in [0.717, 1.165) is 57.3 Å². The lowest BCUT2D eigenvalue weighted by Gasteiger charge is -2.40. The zero-order valence-electron chi connectivity index (χ0n) is 11.9. The van der Waals surface area contributed by atoms with Gasteiger partial charge in [-0.15, -0.1) is 0 Å². The van der Waals surface area contributed by atoms with Gasteiger partial charge in [0, 0.05) is 0 Å². The largest absolute Gasteiger partial charge is 0.388 e. The lowest BCUT2D eigenvalue weighted by Crippen LogP contribution is -2.45. The van der Waals surface area contributed by atoms with Crippen molar-refractivity contribution >= 4 is 0 Å². The van der Waals surface area contributed by atoms with Gasteiger partial charge in [-0.3, -0.25) is 0 Å². The van der Waals surface area contributed by atoms with E-state index >= 15 is 0 Å². The second-order valence-corrected chi connectivity index (χ2v) is 6.87. The molecule has 2 saturated carbocycles. The normalized spacial score (nSPS) is 36.3. The van der Waals surface area contributed by atoms with Gasteiger partial charge in [-0.05, 0) is 43.9 Å². The van der Waals surface area contributed by atoms with Crippen LogP contribution in [0.25, 0.3) is 0 Å². The third-order valence-electron chi connectivity index (χ3n) is 5.60. The molecule has 0 spiro atoms. The Kier molecular flexibility index (Phi) is 4.02. The van der Waals surface area contributed by atoms with Gasteiger partial charge in [-0.25, -0.2) is 0 Å². The molecule has 2 rings (SSSR count). The zero-order chi connectivity index (χ0) is 13.2. The lowest BCUT2D eigenvalue weighted by atomic mass is 9.67. The molecule has 1 N–H and O–H groups in total. The smallest absolute Gasteiger partial charge is 0.0860 e. The van der Waals surface area contributed by atoms with Gasteiger partial charge in [0.05, 0.1) is 17.1 Å². The van der Waals surface area contributed by atoms with Gasteiger partial charge < -0.3 is 5.11 Å². The molecule has 0 saturated heterocycles. The molecule has 0 aromatic carbocycles. The van der Waals surface area contributed by atoms with Gasteiger partial charge in [0.1, 0.15) is 0 Å². The molecule has 0 aromatic heterocycles. The number of hydrogen-bond donors (Lipinski definition) is 1. The fraction of sp³-hybridized carbons (Fsp3) is 0.938. The molecule has 0 amide bonds. The molecule has 2 nitrogen and oxygen atoms in total. The summed E-state index contributed by atoms with van der Waals surface area (Å²) in [6.45, 7) is 4.56. The summed E-state index contributed by atoms with van der Waals surface area (Å²) in [7, 11) is 0. The lowest BCUT2D eigenvalue weighted by molar-refractivity contribution is -0.0658. The summed E-state index contributed by atoms with van der Waals surface area (Å²) in [5.74, 6) is 1.44. The van der Waals surface area contributed by atoms with Crippen molar-refractivity contribution < 1.29 is 5.11 Å². The van der Waals surface area contributed by atoms with Crippen LogP contribution in [-0.4, -0.2) is 10.7 Å². The van der Waals surface area contributed by atoms with Crippen LogP contribution in [0.1, 0.15) is 71.6 Å². The highest BCUT2D eigenvalue weighted by Crippen LogP contribution is 2.52. The number of rotatable bonds is 2. The highest BCUT2D eigenvalue weighted by atomic mass is 16.3. The van der Waals surface area contributed by atoms with Crippen molar-refractivity contribution in [3.05, 3.63) is 0 Å². The molecule has 2 aliphatic carbocycles. The van der Waals surface area contributed by atoms with Gasteiger partial charge in [-0.1, -0.05) is 39.5 Å². The van der Waals surface area contributed by atoms with Crippen LogP contribution in [0.15, 0.2) is 0 Å². The standard InChI is InChI=1S/C16H27NO/c1-13(2)14-6-5-10-16(18,11-7-14)15(12-17)8-3-4-9-15/h13-14,18H,3-11H2,1-2H3. The Bertz CT molecular complexity index is 324. The van der Waals surface area contributed by atoms with Gasteiger partial charge in [0.25, 0.3) is 0 Å². The number of nitrogens with zero attached hydrogens (tertiary/aromatic N) is 1. The minimum Gasteiger partial charge on any atom is -0.388 e. The summed E-state index contributed by atoms with van der Waals surface area (Å²) in [5, 5.41) is 20.7. The molecule has 2 aliphatic rings. The van der Waals surface area contributed by atoms with Crippen LogP contribution in [0.3, 0.4) is 0 Å². The average Bonchev–Trinajstić information content (AvgIpc) is 2.75. The molecule has 0 aliphatic heterocycles. The predicted octanol–water partition coefficient (Wildman–Crippen LogP) is 4.04. The first-order valence-corrected chi connectivity index (χ1v) is 7.67. The first kappa shape index (κ1) is 13.9. The van der Waals surface area contributed by atoms with Crippen molar-refractivity contribution in [2.75, 3.05) is 0 Å². The molecule has 2 unspecified atom stereocenters. The van der Waals surface area contributed by atoms with Crippen molar-refractivity contribution in [1.82, 2.24) is 0 Å². The minimum atomic E-state index is -0.706. The molecule has 2 heteroatoms. The predicted molar refractivity (Wildman–Crippen MR) is 72.9 cm³/mol. The van der Waals surface area contributed by atoms with E-state index in [1.54, 1.807) is 0 Å². The van der Waals surface area contributed by atoms with Crippen molar-refractivity contribution in [1.29, 1.82) is 5.26 Å². The third-order valence-corrected chi connectivity index (χ3v) is 5.60. The maximum Gasteiger partial charge on any atom is 0.0860 e. The van der Waals surface area contributed by atoms with Crippen molar-refractivity contribution in [3.63, 3.8) is 0 Å². The SMILES string of the molecule is CC(C)C1CCCC(O)(C2(C#N)CCCC2)CC1. The summed E-state index contributed by atoms with van der Waals surface area (Å²) in [6.07, 6.45) is 9.13. The maximum atomic E-state index is 11.1. The van der Waals surface area contributed by atoms with E-state index in [2.05, 4.69) is 19.9 Å². The van der Waals surface area contributed by atoms with Gasteiger partial charge >= 0.3 is 0 Å². The molecule has 0 aromatic rings. The summed E-state index contributed by atoms with van der Waals surface area (Å²) in [6, 6.07) is 2.51. The Morgan fingerprint density at radius 3 is 2.28 bits per heavy atom. The van der Waals surface area contributed by atoms with E-state index < -0.39 is 11.0 Å². The Morgan fingerprint density at radius 2 is 1.72 bits per heavy atom. The first-order valence-electron chi connectivity index (χ1n) is 7.67. The van der Waals surface area contributed by atoms with E-state index in [1.165, 1.54) is 6.42 Å². The van der Waals surface area contributed by atoms with E-state index in [4.69, 9.17) is 0 Å². The Morgan fingerprint density at radius 1 is 1.06 bits per heavy atom. The van der Waals surface area contributed by atoms with E-state index in [1.807, 2.05) is 0 Å². The maximum absolute atomic E-state index is 11.1. The first-order chi connectivity index (χ1) is 8.53. The Labute approximate surface area is 111 Å². The third kappa shape index (κ3) is 2.30. The van der Waals surface area contributed by atoms with Crippen LogP contribution < -0.4 is 0 Å². The molecular formula is C16H27NO. The Balaban J connectivity index is 2.14.